The van der Waals surface area contributed by atoms with Gasteiger partial charge in [0.25, 0.3) is 0 Å². The first-order chi connectivity index (χ1) is 9.16. The second-order valence-electron chi connectivity index (χ2n) is 3.77. The third-order valence-electron chi connectivity index (χ3n) is 2.40. The summed E-state index contributed by atoms with van der Waals surface area (Å²) in [7, 11) is 0. The maximum absolute atomic E-state index is 9.64. The van der Waals surface area contributed by atoms with Crippen molar-refractivity contribution in [3.05, 3.63) is 64.1 Å². The predicted octanol–water partition coefficient (Wildman–Crippen LogP) is 3.45. The molecule has 2 aromatic carbocycles. The number of rotatable bonds is 3. The fraction of sp³-hybridized carbons (Fsp3) is 0. The van der Waals surface area contributed by atoms with E-state index in [4.69, 9.17) is 12.2 Å². The molecule has 2 N–H and O–H groups in total. The summed E-state index contributed by atoms with van der Waals surface area (Å²) in [6, 6.07) is 14.7. The van der Waals surface area contributed by atoms with Crippen molar-refractivity contribution in [2.24, 2.45) is 5.10 Å². The Hall–Kier alpha value is -1.72. The van der Waals surface area contributed by atoms with Crippen LogP contribution < -0.4 is 5.43 Å². The molecule has 96 valence electrons. The number of aromatic hydroxyl groups is 1. The minimum Gasteiger partial charge on any atom is -0.507 e. The van der Waals surface area contributed by atoms with Gasteiger partial charge in [-0.2, -0.15) is 5.10 Å². The van der Waals surface area contributed by atoms with Gasteiger partial charge in [0, 0.05) is 15.6 Å². The Bertz CT molecular complexity index is 614. The molecule has 0 bridgehead atoms. The van der Waals surface area contributed by atoms with Crippen LogP contribution in [0.1, 0.15) is 11.1 Å². The molecule has 0 atom stereocenters. The second kappa shape index (κ2) is 6.45. The zero-order valence-corrected chi connectivity index (χ0v) is 12.3. The summed E-state index contributed by atoms with van der Waals surface area (Å²) in [6.45, 7) is 0. The van der Waals surface area contributed by atoms with Crippen molar-refractivity contribution in [2.45, 2.75) is 0 Å². The SMILES string of the molecule is Oc1ccc(Br)cc1/C=N/NC(=S)c1ccccc1. The topological polar surface area (TPSA) is 44.6 Å². The van der Waals surface area contributed by atoms with Crippen molar-refractivity contribution in [3.63, 3.8) is 0 Å². The zero-order valence-electron chi connectivity index (χ0n) is 9.88. The lowest BCUT2D eigenvalue weighted by molar-refractivity contribution is 0.474. The highest BCUT2D eigenvalue weighted by molar-refractivity contribution is 9.10. The van der Waals surface area contributed by atoms with E-state index in [0.717, 1.165) is 10.0 Å². The van der Waals surface area contributed by atoms with Crippen molar-refractivity contribution in [1.82, 2.24) is 5.43 Å². The lowest BCUT2D eigenvalue weighted by Crippen LogP contribution is -2.16. The van der Waals surface area contributed by atoms with E-state index < -0.39 is 0 Å². The highest BCUT2D eigenvalue weighted by Gasteiger charge is 2.00. The van der Waals surface area contributed by atoms with Gasteiger partial charge in [-0.1, -0.05) is 58.5 Å². The molecule has 0 aliphatic heterocycles. The Balaban J connectivity index is 2.04. The molecular formula is C14H11BrN2OS. The van der Waals surface area contributed by atoms with Gasteiger partial charge in [-0.25, -0.2) is 0 Å². The maximum atomic E-state index is 9.64. The number of hydrogen-bond donors (Lipinski definition) is 2. The summed E-state index contributed by atoms with van der Waals surface area (Å²) in [5.74, 6) is 0.166. The first kappa shape index (κ1) is 13.7. The molecule has 0 saturated heterocycles. The van der Waals surface area contributed by atoms with Gasteiger partial charge in [-0.3, -0.25) is 5.43 Å². The third-order valence-corrected chi connectivity index (χ3v) is 3.22. The molecular weight excluding hydrogens is 324 g/mol. The lowest BCUT2D eigenvalue weighted by Gasteiger charge is -2.03. The number of phenolic OH excluding ortho intramolecular Hbond substituents is 1. The zero-order chi connectivity index (χ0) is 13.7. The van der Waals surface area contributed by atoms with E-state index in [1.165, 1.54) is 6.21 Å². The van der Waals surface area contributed by atoms with E-state index in [9.17, 15) is 5.11 Å². The number of hydrogen-bond acceptors (Lipinski definition) is 3. The lowest BCUT2D eigenvalue weighted by atomic mass is 10.2. The number of hydrazone groups is 1. The van der Waals surface area contributed by atoms with Crippen molar-refractivity contribution in [2.75, 3.05) is 0 Å². The monoisotopic (exact) mass is 334 g/mol. The minimum atomic E-state index is 0.166. The summed E-state index contributed by atoms with van der Waals surface area (Å²) in [5, 5.41) is 13.7. The van der Waals surface area contributed by atoms with Crippen LogP contribution in [0.3, 0.4) is 0 Å². The third kappa shape index (κ3) is 3.87. The van der Waals surface area contributed by atoms with Crippen LogP contribution in [0.25, 0.3) is 0 Å². The molecule has 19 heavy (non-hydrogen) atoms. The number of benzene rings is 2. The first-order valence-corrected chi connectivity index (χ1v) is 6.74. The fourth-order valence-corrected chi connectivity index (χ4v) is 2.01. The molecule has 5 heteroatoms. The molecule has 3 nitrogen and oxygen atoms in total. The molecule has 0 aromatic heterocycles. The average molecular weight is 335 g/mol. The molecule has 0 aliphatic carbocycles. The summed E-state index contributed by atoms with van der Waals surface area (Å²) < 4.78 is 0.873. The molecule has 0 aliphatic rings. The molecule has 0 amide bonds. The van der Waals surface area contributed by atoms with Crippen LogP contribution in [0.4, 0.5) is 0 Å². The van der Waals surface area contributed by atoms with Gasteiger partial charge in [-0.15, -0.1) is 0 Å². The largest absolute Gasteiger partial charge is 0.507 e. The molecule has 0 radical (unpaired) electrons. The van der Waals surface area contributed by atoms with E-state index >= 15 is 0 Å². The van der Waals surface area contributed by atoms with Gasteiger partial charge < -0.3 is 5.11 Å². The summed E-state index contributed by atoms with van der Waals surface area (Å²) in [6.07, 6.45) is 1.52. The number of halogens is 1. The van der Waals surface area contributed by atoms with Crippen LogP contribution in [0.2, 0.25) is 0 Å². The fourth-order valence-electron chi connectivity index (χ4n) is 1.44. The molecule has 0 spiro atoms. The molecule has 2 aromatic rings. The maximum Gasteiger partial charge on any atom is 0.126 e. The van der Waals surface area contributed by atoms with E-state index in [1.54, 1.807) is 18.2 Å². The second-order valence-corrected chi connectivity index (χ2v) is 5.09. The molecule has 0 heterocycles. The van der Waals surface area contributed by atoms with Crippen LogP contribution in [0.15, 0.2) is 58.1 Å². The Kier molecular flexibility index (Phi) is 4.65. The van der Waals surface area contributed by atoms with Crippen molar-refractivity contribution < 1.29 is 5.11 Å². The number of phenols is 1. The van der Waals surface area contributed by atoms with E-state index in [1.807, 2.05) is 30.3 Å². The van der Waals surface area contributed by atoms with E-state index in [-0.39, 0.29) is 5.75 Å². The average Bonchev–Trinajstić information content (AvgIpc) is 2.43. The van der Waals surface area contributed by atoms with Crippen LogP contribution in [0.5, 0.6) is 5.75 Å². The van der Waals surface area contributed by atoms with Crippen molar-refractivity contribution in [1.29, 1.82) is 0 Å². The summed E-state index contributed by atoms with van der Waals surface area (Å²) in [4.78, 5) is 0.534. The van der Waals surface area contributed by atoms with Crippen LogP contribution in [-0.2, 0) is 0 Å². The standard InChI is InChI=1S/C14H11BrN2OS/c15-12-6-7-13(18)11(8-12)9-16-17-14(19)10-4-2-1-3-5-10/h1-9,18H,(H,17,19)/b16-9+. The van der Waals surface area contributed by atoms with Crippen LogP contribution >= 0.6 is 28.1 Å². The smallest absolute Gasteiger partial charge is 0.126 e. The first-order valence-electron chi connectivity index (χ1n) is 5.54. The van der Waals surface area contributed by atoms with Gasteiger partial charge >= 0.3 is 0 Å². The summed E-state index contributed by atoms with van der Waals surface area (Å²) >= 11 is 8.53. The Labute approximate surface area is 125 Å². The number of thiocarbonyl (C=S) groups is 1. The number of nitrogens with zero attached hydrogens (tertiary/aromatic N) is 1. The summed E-state index contributed by atoms with van der Waals surface area (Å²) in [5.41, 5.74) is 4.27. The Morgan fingerprint density at radius 1 is 1.21 bits per heavy atom. The predicted molar refractivity (Wildman–Crippen MR) is 84.7 cm³/mol. The quantitative estimate of drug-likeness (QED) is 0.513. The van der Waals surface area contributed by atoms with Gasteiger partial charge in [0.15, 0.2) is 0 Å². The minimum absolute atomic E-state index is 0.166. The van der Waals surface area contributed by atoms with Gasteiger partial charge in [-0.05, 0) is 18.2 Å². The number of nitrogens with one attached hydrogen (secondary N) is 1. The molecule has 0 unspecified atom stereocenters. The van der Waals surface area contributed by atoms with E-state index in [0.29, 0.717) is 10.6 Å². The van der Waals surface area contributed by atoms with Gasteiger partial charge in [0.2, 0.25) is 0 Å². The molecule has 0 saturated carbocycles. The molecule has 0 fully saturated rings. The highest BCUT2D eigenvalue weighted by atomic mass is 79.9. The van der Waals surface area contributed by atoms with Crippen LogP contribution in [0, 0.1) is 0 Å². The normalized spacial score (nSPS) is 10.6. The van der Waals surface area contributed by atoms with Crippen molar-refractivity contribution >= 4 is 39.4 Å². The van der Waals surface area contributed by atoms with Crippen molar-refractivity contribution in [3.8, 4) is 5.75 Å². The van der Waals surface area contributed by atoms with Gasteiger partial charge in [0.1, 0.15) is 10.7 Å². The Morgan fingerprint density at radius 2 is 1.95 bits per heavy atom. The van der Waals surface area contributed by atoms with Gasteiger partial charge in [0.05, 0.1) is 6.21 Å². The highest BCUT2D eigenvalue weighted by Crippen LogP contribution is 2.19. The van der Waals surface area contributed by atoms with E-state index in [2.05, 4.69) is 26.5 Å². The molecule has 2 rings (SSSR count). The van der Waals surface area contributed by atoms with Crippen LogP contribution in [-0.4, -0.2) is 16.3 Å². The Morgan fingerprint density at radius 3 is 2.68 bits per heavy atom.